The van der Waals surface area contributed by atoms with E-state index in [-0.39, 0.29) is 30.2 Å². The van der Waals surface area contributed by atoms with E-state index >= 15 is 0 Å². The molecule has 1 aliphatic heterocycles. The maximum absolute atomic E-state index is 12.9. The summed E-state index contributed by atoms with van der Waals surface area (Å²) >= 11 is 13.6. The van der Waals surface area contributed by atoms with Gasteiger partial charge < -0.3 is 14.8 Å². The van der Waals surface area contributed by atoms with Gasteiger partial charge in [-0.05, 0) is 87.4 Å². The van der Waals surface area contributed by atoms with Crippen molar-refractivity contribution in [2.24, 2.45) is 0 Å². The van der Waals surface area contributed by atoms with E-state index in [1.165, 1.54) is 12.0 Å². The number of benzene rings is 3. The molecular formula is C26H19Br2ClN2O5S. The van der Waals surface area contributed by atoms with Gasteiger partial charge in [0, 0.05) is 14.6 Å². The Morgan fingerprint density at radius 3 is 2.51 bits per heavy atom. The molecule has 190 valence electrons. The molecule has 0 spiro atoms. The number of halogens is 3. The standard InChI is InChI=1S/C26H19Br2ClN2O5S/c1-35-22-10-16(4-9-21(22)36-14-24(32)30-18-7-8-19(28)20(29)12-18)11-23-25(33)31(26(34)37-23)13-15-2-5-17(27)6-3-15/h2-12H,13-14H2,1H3,(H,30,32)/b23-11+. The Labute approximate surface area is 239 Å². The molecule has 0 bridgehead atoms. The van der Waals surface area contributed by atoms with Crippen molar-refractivity contribution in [3.8, 4) is 11.5 Å². The number of hydrogen-bond acceptors (Lipinski definition) is 6. The molecule has 1 saturated heterocycles. The number of ether oxygens (including phenoxy) is 2. The van der Waals surface area contributed by atoms with Crippen LogP contribution in [0.1, 0.15) is 11.1 Å². The molecule has 3 amide bonds. The van der Waals surface area contributed by atoms with E-state index in [1.807, 2.05) is 24.3 Å². The number of carbonyl (C=O) groups excluding carboxylic acids is 3. The van der Waals surface area contributed by atoms with Gasteiger partial charge in [-0.2, -0.15) is 0 Å². The van der Waals surface area contributed by atoms with Crippen LogP contribution in [0, 0.1) is 0 Å². The Morgan fingerprint density at radius 1 is 1.05 bits per heavy atom. The number of carbonyl (C=O) groups is 3. The van der Waals surface area contributed by atoms with E-state index in [1.54, 1.807) is 42.5 Å². The van der Waals surface area contributed by atoms with Gasteiger partial charge in [-0.15, -0.1) is 0 Å². The minimum Gasteiger partial charge on any atom is -0.493 e. The van der Waals surface area contributed by atoms with Crippen LogP contribution in [-0.2, 0) is 16.1 Å². The van der Waals surface area contributed by atoms with Crippen LogP contribution in [0.25, 0.3) is 6.08 Å². The minimum atomic E-state index is -0.371. The van der Waals surface area contributed by atoms with E-state index in [0.29, 0.717) is 32.7 Å². The highest BCUT2D eigenvalue weighted by Gasteiger charge is 2.35. The molecule has 1 fully saturated rings. The van der Waals surface area contributed by atoms with Crippen LogP contribution in [0.3, 0.4) is 0 Å². The maximum atomic E-state index is 12.9. The third-order valence-corrected chi connectivity index (χ3v) is 7.84. The third kappa shape index (κ3) is 6.95. The summed E-state index contributed by atoms with van der Waals surface area (Å²) in [6.07, 6.45) is 1.63. The summed E-state index contributed by atoms with van der Waals surface area (Å²) in [7, 11) is 1.47. The molecule has 1 N–H and O–H groups in total. The first kappa shape index (κ1) is 27.3. The predicted molar refractivity (Wildman–Crippen MR) is 152 cm³/mol. The Balaban J connectivity index is 1.41. The fourth-order valence-electron chi connectivity index (χ4n) is 3.37. The molecule has 7 nitrogen and oxygen atoms in total. The summed E-state index contributed by atoms with van der Waals surface area (Å²) in [6, 6.07) is 17.5. The van der Waals surface area contributed by atoms with Crippen LogP contribution in [0.15, 0.2) is 74.5 Å². The lowest BCUT2D eigenvalue weighted by Gasteiger charge is -2.13. The summed E-state index contributed by atoms with van der Waals surface area (Å²) in [6.45, 7) is -0.0573. The van der Waals surface area contributed by atoms with Crippen molar-refractivity contribution < 1.29 is 23.9 Å². The van der Waals surface area contributed by atoms with Gasteiger partial charge >= 0.3 is 0 Å². The predicted octanol–water partition coefficient (Wildman–Crippen LogP) is 7.13. The van der Waals surface area contributed by atoms with Crippen LogP contribution in [-0.4, -0.2) is 35.7 Å². The second-order valence-corrected chi connectivity index (χ2v) is 10.9. The van der Waals surface area contributed by atoms with Crippen LogP contribution < -0.4 is 14.8 Å². The molecule has 4 rings (SSSR count). The number of nitrogens with one attached hydrogen (secondary N) is 1. The molecule has 3 aromatic carbocycles. The smallest absolute Gasteiger partial charge is 0.293 e. The molecule has 11 heteroatoms. The Hall–Kier alpha value is -2.79. The van der Waals surface area contributed by atoms with Crippen molar-refractivity contribution >= 4 is 84.0 Å². The largest absolute Gasteiger partial charge is 0.493 e. The fraction of sp³-hybridized carbons (Fsp3) is 0.115. The highest BCUT2D eigenvalue weighted by Crippen LogP contribution is 2.35. The molecule has 0 unspecified atom stereocenters. The summed E-state index contributed by atoms with van der Waals surface area (Å²) in [4.78, 5) is 39.2. The van der Waals surface area contributed by atoms with Crippen LogP contribution >= 0.6 is 55.2 Å². The third-order valence-electron chi connectivity index (χ3n) is 5.18. The monoisotopic (exact) mass is 664 g/mol. The Kier molecular flexibility index (Phi) is 8.96. The van der Waals surface area contributed by atoms with Gasteiger partial charge in [0.2, 0.25) is 0 Å². The van der Waals surface area contributed by atoms with E-state index in [9.17, 15) is 14.4 Å². The van der Waals surface area contributed by atoms with Crippen LogP contribution in [0.4, 0.5) is 10.5 Å². The number of rotatable bonds is 8. The lowest BCUT2D eigenvalue weighted by Crippen LogP contribution is -2.27. The molecule has 0 radical (unpaired) electrons. The Morgan fingerprint density at radius 2 is 1.81 bits per heavy atom. The molecule has 1 heterocycles. The second kappa shape index (κ2) is 12.2. The van der Waals surface area contributed by atoms with Gasteiger partial charge in [0.25, 0.3) is 17.1 Å². The number of nitrogens with zero attached hydrogens (tertiary/aromatic N) is 1. The number of thioether (sulfide) groups is 1. The fourth-order valence-corrected chi connectivity index (χ4v) is 4.90. The van der Waals surface area contributed by atoms with Gasteiger partial charge in [-0.3, -0.25) is 19.3 Å². The van der Waals surface area contributed by atoms with Crippen LogP contribution in [0.2, 0.25) is 5.02 Å². The van der Waals surface area contributed by atoms with Crippen molar-refractivity contribution in [3.05, 3.63) is 90.7 Å². The van der Waals surface area contributed by atoms with E-state index in [0.717, 1.165) is 26.3 Å². The zero-order valence-electron chi connectivity index (χ0n) is 19.3. The SMILES string of the molecule is COc1cc(/C=C2/SC(=O)N(Cc3ccc(Br)cc3)C2=O)ccc1OCC(=O)Nc1ccc(Br)c(Cl)c1. The highest BCUT2D eigenvalue weighted by atomic mass is 79.9. The number of hydrogen-bond donors (Lipinski definition) is 1. The summed E-state index contributed by atoms with van der Waals surface area (Å²) < 4.78 is 12.7. The number of methoxy groups -OCH3 is 1. The van der Waals surface area contributed by atoms with Gasteiger partial charge in [0.15, 0.2) is 18.1 Å². The van der Waals surface area contributed by atoms with E-state index in [2.05, 4.69) is 37.2 Å². The van der Waals surface area contributed by atoms with Crippen LogP contribution in [0.5, 0.6) is 11.5 Å². The van der Waals surface area contributed by atoms with Crippen molar-refractivity contribution in [3.63, 3.8) is 0 Å². The van der Waals surface area contributed by atoms with Crippen molar-refractivity contribution in [2.45, 2.75) is 6.54 Å². The van der Waals surface area contributed by atoms with Crippen molar-refractivity contribution in [1.29, 1.82) is 0 Å². The molecule has 1 aliphatic rings. The quantitative estimate of drug-likeness (QED) is 0.258. The lowest BCUT2D eigenvalue weighted by molar-refractivity contribution is -0.123. The average molecular weight is 667 g/mol. The maximum Gasteiger partial charge on any atom is 0.293 e. The second-order valence-electron chi connectivity index (χ2n) is 7.77. The van der Waals surface area contributed by atoms with Crippen molar-refractivity contribution in [1.82, 2.24) is 4.90 Å². The number of amides is 3. The summed E-state index contributed by atoms with van der Waals surface area (Å²) in [5, 5.41) is 2.86. The number of imide groups is 1. The normalized spacial score (nSPS) is 14.3. The van der Waals surface area contributed by atoms with Gasteiger partial charge in [0.05, 0.1) is 23.6 Å². The molecule has 0 atom stereocenters. The first-order valence-corrected chi connectivity index (χ1v) is 13.6. The minimum absolute atomic E-state index is 0.194. The topological polar surface area (TPSA) is 84.9 Å². The molecule has 0 aromatic heterocycles. The van der Waals surface area contributed by atoms with Crippen molar-refractivity contribution in [2.75, 3.05) is 19.0 Å². The Bertz CT molecular complexity index is 1400. The van der Waals surface area contributed by atoms with Gasteiger partial charge in [0.1, 0.15) is 0 Å². The molecule has 0 saturated carbocycles. The summed E-state index contributed by atoms with van der Waals surface area (Å²) in [5.41, 5.74) is 2.03. The lowest BCUT2D eigenvalue weighted by atomic mass is 10.1. The molecule has 37 heavy (non-hydrogen) atoms. The van der Waals surface area contributed by atoms with E-state index in [4.69, 9.17) is 21.1 Å². The zero-order valence-corrected chi connectivity index (χ0v) is 24.0. The molecule has 0 aliphatic carbocycles. The first-order valence-electron chi connectivity index (χ1n) is 10.8. The van der Waals surface area contributed by atoms with Gasteiger partial charge in [-0.25, -0.2) is 0 Å². The first-order chi connectivity index (χ1) is 17.7. The average Bonchev–Trinajstić information content (AvgIpc) is 3.13. The summed E-state index contributed by atoms with van der Waals surface area (Å²) in [5.74, 6) is 0.000188. The number of anilines is 1. The zero-order chi connectivity index (χ0) is 26.5. The molecule has 3 aromatic rings. The van der Waals surface area contributed by atoms with Gasteiger partial charge in [-0.1, -0.05) is 45.7 Å². The molecular weight excluding hydrogens is 648 g/mol. The van der Waals surface area contributed by atoms with E-state index < -0.39 is 0 Å². The highest BCUT2D eigenvalue weighted by molar-refractivity contribution is 9.10.